The third-order valence-corrected chi connectivity index (χ3v) is 7.81. The molecule has 4 aliphatic heterocycles. The molecule has 168 valence electrons. The Morgan fingerprint density at radius 2 is 2.06 bits per heavy atom. The number of hydrogen-bond acceptors (Lipinski definition) is 10. The minimum absolute atomic E-state index is 0. The molecule has 0 saturated carbocycles. The minimum Gasteiger partial charge on any atom is -0.780 e. The van der Waals surface area contributed by atoms with Crippen LogP contribution in [-0.4, -0.2) is 56.7 Å². The van der Waals surface area contributed by atoms with E-state index in [1.165, 1.54) is 9.47 Å². The Kier molecular flexibility index (Phi) is 6.28. The maximum Gasteiger partial charge on any atom is 1.00 e. The number of nitrogens with one attached hydrogen (secondary N) is 2. The van der Waals surface area contributed by atoms with E-state index in [0.29, 0.717) is 5.82 Å². The van der Waals surface area contributed by atoms with Gasteiger partial charge in [-0.15, -0.1) is 0 Å². The first kappa shape index (κ1) is 23.9. The predicted molar refractivity (Wildman–Crippen MR) is 116 cm³/mol. The van der Waals surface area contributed by atoms with E-state index in [2.05, 4.69) is 31.5 Å². The van der Waals surface area contributed by atoms with Gasteiger partial charge < -0.3 is 34.4 Å². The second-order valence-electron chi connectivity index (χ2n) is 7.63. The van der Waals surface area contributed by atoms with Crippen LogP contribution in [0.15, 0.2) is 41.3 Å². The van der Waals surface area contributed by atoms with Gasteiger partial charge in [0.25, 0.3) is 5.91 Å². The zero-order valence-corrected chi connectivity index (χ0v) is 22.4. The summed E-state index contributed by atoms with van der Waals surface area (Å²) in [6, 6.07) is 9.62. The normalized spacial score (nSPS) is 34.4. The Bertz CT molecular complexity index is 1200. The maximum atomic E-state index is 13.2. The van der Waals surface area contributed by atoms with E-state index >= 15 is 0 Å². The quantitative estimate of drug-likeness (QED) is 0.270. The molecule has 5 heterocycles. The molecule has 2 fully saturated rings. The van der Waals surface area contributed by atoms with Crippen molar-refractivity contribution in [2.75, 3.05) is 11.9 Å². The van der Waals surface area contributed by atoms with Crippen molar-refractivity contribution in [3.8, 4) is 0 Å². The van der Waals surface area contributed by atoms with Crippen LogP contribution < -0.4 is 45.1 Å². The number of benzene rings is 1. The van der Waals surface area contributed by atoms with Gasteiger partial charge in [0.1, 0.15) is 30.8 Å². The van der Waals surface area contributed by atoms with Crippen LogP contribution in [0.4, 0.5) is 5.82 Å². The summed E-state index contributed by atoms with van der Waals surface area (Å²) in [5.41, 5.74) is 1.88. The first-order valence-corrected chi connectivity index (χ1v) is 13.1. The van der Waals surface area contributed by atoms with E-state index in [1.54, 1.807) is 6.20 Å². The topological polar surface area (TPSA) is 133 Å². The number of ether oxygens (including phenoxy) is 1. The first-order valence-electron chi connectivity index (χ1n) is 9.70. The van der Waals surface area contributed by atoms with Gasteiger partial charge >= 0.3 is 29.6 Å². The van der Waals surface area contributed by atoms with Crippen LogP contribution in [0.25, 0.3) is 5.70 Å². The van der Waals surface area contributed by atoms with Crippen LogP contribution in [0, 0.1) is 0 Å². The number of anilines is 1. The fourth-order valence-corrected chi connectivity index (χ4v) is 6.23. The largest absolute Gasteiger partial charge is 1.00 e. The van der Waals surface area contributed by atoms with E-state index in [0.717, 1.165) is 11.3 Å². The number of imidazole rings is 1. The Hall–Kier alpha value is -0.830. The number of nitrogens with zero attached hydrogens (tertiary/aromatic N) is 3. The summed E-state index contributed by atoms with van der Waals surface area (Å²) in [6.07, 6.45) is -2.60. The molecular formula is C18H16BrN5NaO6PS. The number of aromatic nitrogens is 2. The molecular weight excluding hydrogens is 548 g/mol. The fraction of sp³-hybridized carbons (Fsp3) is 0.333. The Labute approximate surface area is 223 Å². The third-order valence-electron chi connectivity index (χ3n) is 5.71. The molecule has 0 aliphatic carbocycles. The van der Waals surface area contributed by atoms with E-state index < -0.39 is 37.5 Å². The van der Waals surface area contributed by atoms with Crippen molar-refractivity contribution in [1.29, 1.82) is 0 Å². The van der Waals surface area contributed by atoms with E-state index in [9.17, 15) is 14.8 Å². The first-order chi connectivity index (χ1) is 15.3. The molecule has 6 rings (SSSR count). The number of halogens is 1. The van der Waals surface area contributed by atoms with Gasteiger partial charge in [0.2, 0.25) is 0 Å². The van der Waals surface area contributed by atoms with Crippen molar-refractivity contribution in [3.63, 3.8) is 0 Å². The van der Waals surface area contributed by atoms with Gasteiger partial charge in [-0.1, -0.05) is 42.1 Å². The van der Waals surface area contributed by atoms with Gasteiger partial charge in [0, 0.05) is 6.20 Å². The molecule has 3 N–H and O–H groups in total. The van der Waals surface area contributed by atoms with Crippen LogP contribution in [0.3, 0.4) is 0 Å². The summed E-state index contributed by atoms with van der Waals surface area (Å²) in [7, 11) is 0. The summed E-state index contributed by atoms with van der Waals surface area (Å²) < 4.78 is 18.1. The Morgan fingerprint density at radius 1 is 1.30 bits per heavy atom. The van der Waals surface area contributed by atoms with Crippen LogP contribution in [-0.2, 0) is 25.6 Å². The second-order valence-corrected chi connectivity index (χ2v) is 11.0. The average molecular weight is 564 g/mol. The number of rotatable bonds is 2. The number of carbonyl (C=O) groups excluding carboxylic acids is 1. The summed E-state index contributed by atoms with van der Waals surface area (Å²) in [6.45, 7) is -3.75. The molecule has 11 nitrogen and oxygen atoms in total. The fourth-order valence-electron chi connectivity index (χ4n) is 4.24. The Morgan fingerprint density at radius 3 is 2.82 bits per heavy atom. The number of aliphatic hydroxyl groups is 1. The predicted octanol–water partition coefficient (Wildman–Crippen LogP) is -2.34. The van der Waals surface area contributed by atoms with Crippen molar-refractivity contribution in [3.05, 3.63) is 52.5 Å². The summed E-state index contributed by atoms with van der Waals surface area (Å²) in [4.78, 5) is 31.1. The summed E-state index contributed by atoms with van der Waals surface area (Å²) in [5.74, 6) is 0.0460. The monoisotopic (exact) mass is 563 g/mol. The van der Waals surface area contributed by atoms with Gasteiger partial charge in [-0.05, 0) is 21.5 Å². The van der Waals surface area contributed by atoms with Crippen LogP contribution in [0.1, 0.15) is 22.3 Å². The molecule has 1 amide bonds. The van der Waals surface area contributed by atoms with Crippen LogP contribution in [0.5, 0.6) is 0 Å². The van der Waals surface area contributed by atoms with E-state index in [-0.39, 0.29) is 52.5 Å². The standard InChI is InChI=1S/C18H17BrN5O6PS.Na/c19-17-21-11-14(24(17)16-12(25)13-10(29-16)7-28-31(27,32)30-13)22-18-20-9(6-23(18)15(11)26)8-4-2-1-3-5-8;/h1-6,10,12-13,16,18,20,22,25H,7H2,(H,27,32);/q;+1/p-1/t10-,12-,13+,16-,18?,31?;/m1./s1. The van der Waals surface area contributed by atoms with Crippen LogP contribution >= 0.6 is 22.6 Å². The zero-order chi connectivity index (χ0) is 22.2. The van der Waals surface area contributed by atoms with Crippen molar-refractivity contribution in [2.24, 2.45) is 0 Å². The van der Waals surface area contributed by atoms with E-state index in [1.807, 2.05) is 30.3 Å². The van der Waals surface area contributed by atoms with Gasteiger partial charge in [-0.2, -0.15) is 0 Å². The van der Waals surface area contributed by atoms with Crippen LogP contribution in [0.2, 0.25) is 0 Å². The van der Waals surface area contributed by atoms with Gasteiger partial charge in [-0.25, -0.2) is 4.98 Å². The van der Waals surface area contributed by atoms with Gasteiger partial charge in [0.15, 0.2) is 22.9 Å². The number of carbonyl (C=O) groups is 1. The van der Waals surface area contributed by atoms with Gasteiger partial charge in [-0.3, -0.25) is 14.3 Å². The number of fused-ring (bicyclic) bond motifs is 3. The van der Waals surface area contributed by atoms with Crippen molar-refractivity contribution in [2.45, 2.75) is 30.8 Å². The van der Waals surface area contributed by atoms with Gasteiger partial charge in [0.05, 0.1) is 12.3 Å². The van der Waals surface area contributed by atoms with Crippen molar-refractivity contribution < 1.29 is 58.1 Å². The Balaban J connectivity index is 0.00000228. The molecule has 6 atom stereocenters. The average Bonchev–Trinajstić information content (AvgIpc) is 3.43. The molecule has 33 heavy (non-hydrogen) atoms. The number of aliphatic hydroxyl groups excluding tert-OH is 1. The number of amides is 1. The maximum absolute atomic E-state index is 13.2. The summed E-state index contributed by atoms with van der Waals surface area (Å²) >= 11 is 8.15. The SMILES string of the molecule is O=C1c2nc(Br)n([C@@H]3O[C@@H]4COP([O-])(=S)O[C@@H]4[C@H]3O)c2NC2NC(c3ccccc3)=CN12.[Na+]. The van der Waals surface area contributed by atoms with Crippen molar-refractivity contribution in [1.82, 2.24) is 19.8 Å². The third kappa shape index (κ3) is 3.93. The number of hydrogen-bond donors (Lipinski definition) is 3. The molecule has 0 spiro atoms. The van der Waals surface area contributed by atoms with E-state index in [4.69, 9.17) is 25.6 Å². The zero-order valence-electron chi connectivity index (χ0n) is 17.1. The molecule has 2 saturated heterocycles. The molecule has 15 heteroatoms. The second kappa shape index (κ2) is 8.68. The molecule has 2 unspecified atom stereocenters. The smallest absolute Gasteiger partial charge is 0.780 e. The summed E-state index contributed by atoms with van der Waals surface area (Å²) in [5, 5.41) is 17.4. The molecule has 1 aromatic heterocycles. The molecule has 4 aliphatic rings. The molecule has 2 aromatic rings. The minimum atomic E-state index is -3.68. The van der Waals surface area contributed by atoms with Crippen molar-refractivity contribution >= 4 is 51.9 Å². The molecule has 0 bridgehead atoms. The molecule has 1 aromatic carbocycles. The molecule has 0 radical (unpaired) electrons.